The number of hydrogen-bond acceptors (Lipinski definition) is 2. The average molecular weight is 310 g/mol. The summed E-state index contributed by atoms with van der Waals surface area (Å²) in [6.45, 7) is 0. The van der Waals surface area contributed by atoms with Crippen LogP contribution >= 0.6 is 23.4 Å². The van der Waals surface area contributed by atoms with Crippen LogP contribution < -0.4 is 5.32 Å². The number of amides is 1. The maximum atomic E-state index is 12.7. The fourth-order valence-electron chi connectivity index (χ4n) is 1.58. The lowest BCUT2D eigenvalue weighted by Crippen LogP contribution is -2.12. The summed E-state index contributed by atoms with van der Waals surface area (Å²) in [7, 11) is 0. The molecular formula is C15H13ClFNOS. The Morgan fingerprint density at radius 1 is 1.20 bits per heavy atom. The van der Waals surface area contributed by atoms with Crippen molar-refractivity contribution in [1.29, 1.82) is 0 Å². The Balaban J connectivity index is 1.76. The van der Waals surface area contributed by atoms with Crippen LogP contribution in [0.1, 0.15) is 6.42 Å². The molecule has 0 aliphatic rings. The molecule has 0 aliphatic heterocycles. The lowest BCUT2D eigenvalue weighted by Gasteiger charge is -2.05. The van der Waals surface area contributed by atoms with Crippen LogP contribution in [0.2, 0.25) is 5.02 Å². The van der Waals surface area contributed by atoms with Gasteiger partial charge in [-0.1, -0.05) is 17.7 Å². The van der Waals surface area contributed by atoms with Gasteiger partial charge in [-0.2, -0.15) is 0 Å². The minimum Gasteiger partial charge on any atom is -0.326 e. The van der Waals surface area contributed by atoms with Crippen molar-refractivity contribution in [2.24, 2.45) is 0 Å². The third kappa shape index (κ3) is 4.87. The number of carbonyl (C=O) groups is 1. The van der Waals surface area contributed by atoms with Crippen molar-refractivity contribution in [3.8, 4) is 0 Å². The molecule has 2 aromatic carbocycles. The molecule has 0 heterocycles. The first-order valence-electron chi connectivity index (χ1n) is 6.07. The molecule has 0 radical (unpaired) electrons. The third-order valence-electron chi connectivity index (χ3n) is 2.52. The van der Waals surface area contributed by atoms with Crippen LogP contribution in [-0.2, 0) is 4.79 Å². The van der Waals surface area contributed by atoms with Crippen molar-refractivity contribution >= 4 is 35.0 Å². The first-order valence-corrected chi connectivity index (χ1v) is 7.43. The molecule has 1 N–H and O–H groups in total. The molecule has 104 valence electrons. The molecule has 2 rings (SSSR count). The van der Waals surface area contributed by atoms with Crippen LogP contribution in [0.3, 0.4) is 0 Å². The number of halogens is 2. The van der Waals surface area contributed by atoms with Gasteiger partial charge in [0.05, 0.1) is 0 Å². The SMILES string of the molecule is O=C(CCSc1ccc(F)cc1)Nc1cccc(Cl)c1. The fourth-order valence-corrected chi connectivity index (χ4v) is 2.62. The maximum Gasteiger partial charge on any atom is 0.225 e. The molecule has 2 nitrogen and oxygen atoms in total. The number of rotatable bonds is 5. The molecule has 2 aromatic rings. The Kier molecular flexibility index (Phi) is 5.44. The van der Waals surface area contributed by atoms with Crippen LogP contribution in [0.5, 0.6) is 0 Å². The third-order valence-corrected chi connectivity index (χ3v) is 3.77. The van der Waals surface area contributed by atoms with Gasteiger partial charge in [0.1, 0.15) is 5.82 Å². The molecule has 0 aromatic heterocycles. The summed E-state index contributed by atoms with van der Waals surface area (Å²) >= 11 is 7.36. The van der Waals surface area contributed by atoms with Crippen molar-refractivity contribution < 1.29 is 9.18 Å². The van der Waals surface area contributed by atoms with Crippen LogP contribution in [0.25, 0.3) is 0 Å². The number of thioether (sulfide) groups is 1. The standard InChI is InChI=1S/C15H13ClFNOS/c16-11-2-1-3-13(10-11)18-15(19)8-9-20-14-6-4-12(17)5-7-14/h1-7,10H,8-9H2,(H,18,19). The molecule has 0 unspecified atom stereocenters. The first-order chi connectivity index (χ1) is 9.63. The highest BCUT2D eigenvalue weighted by Gasteiger charge is 2.03. The average Bonchev–Trinajstić information content (AvgIpc) is 2.41. The van der Waals surface area contributed by atoms with Gasteiger partial charge in [-0.25, -0.2) is 4.39 Å². The van der Waals surface area contributed by atoms with Gasteiger partial charge in [0, 0.05) is 27.8 Å². The molecule has 0 bridgehead atoms. The van der Waals surface area contributed by atoms with E-state index >= 15 is 0 Å². The second-order valence-corrected chi connectivity index (χ2v) is 5.72. The van der Waals surface area contributed by atoms with Gasteiger partial charge in [-0.15, -0.1) is 11.8 Å². The normalized spacial score (nSPS) is 10.3. The number of nitrogens with one attached hydrogen (secondary N) is 1. The second-order valence-electron chi connectivity index (χ2n) is 4.11. The zero-order chi connectivity index (χ0) is 14.4. The van der Waals surface area contributed by atoms with Crippen molar-refractivity contribution in [1.82, 2.24) is 0 Å². The molecule has 1 amide bonds. The summed E-state index contributed by atoms with van der Waals surface area (Å²) in [6, 6.07) is 13.3. The number of benzene rings is 2. The molecule has 5 heteroatoms. The molecule has 0 saturated heterocycles. The van der Waals surface area contributed by atoms with E-state index in [9.17, 15) is 9.18 Å². The van der Waals surface area contributed by atoms with Gasteiger partial charge in [-0.3, -0.25) is 4.79 Å². The smallest absolute Gasteiger partial charge is 0.225 e. The molecule has 0 aliphatic carbocycles. The fraction of sp³-hybridized carbons (Fsp3) is 0.133. The van der Waals surface area contributed by atoms with Crippen molar-refractivity contribution in [2.45, 2.75) is 11.3 Å². The Bertz CT molecular complexity index is 589. The molecule has 20 heavy (non-hydrogen) atoms. The number of hydrogen-bond donors (Lipinski definition) is 1. The largest absolute Gasteiger partial charge is 0.326 e. The predicted molar refractivity (Wildman–Crippen MR) is 81.8 cm³/mol. The highest BCUT2D eigenvalue weighted by Crippen LogP contribution is 2.19. The maximum absolute atomic E-state index is 12.7. The summed E-state index contributed by atoms with van der Waals surface area (Å²) in [4.78, 5) is 12.7. The number of anilines is 1. The lowest BCUT2D eigenvalue weighted by atomic mass is 10.3. The van der Waals surface area contributed by atoms with Crippen LogP contribution in [0.15, 0.2) is 53.4 Å². The van der Waals surface area contributed by atoms with Gasteiger partial charge < -0.3 is 5.32 Å². The zero-order valence-electron chi connectivity index (χ0n) is 10.6. The van der Waals surface area contributed by atoms with E-state index < -0.39 is 0 Å². The van der Waals surface area contributed by atoms with E-state index in [-0.39, 0.29) is 11.7 Å². The Hall–Kier alpha value is -1.52. The molecule has 0 saturated carbocycles. The van der Waals surface area contributed by atoms with E-state index in [1.54, 1.807) is 36.4 Å². The zero-order valence-corrected chi connectivity index (χ0v) is 12.2. The van der Waals surface area contributed by atoms with E-state index in [0.717, 1.165) is 4.90 Å². The number of carbonyl (C=O) groups excluding carboxylic acids is 1. The summed E-state index contributed by atoms with van der Waals surface area (Å²) in [5.74, 6) is 0.313. The Morgan fingerprint density at radius 2 is 1.95 bits per heavy atom. The molecular weight excluding hydrogens is 297 g/mol. The van der Waals surface area contributed by atoms with E-state index in [1.807, 2.05) is 0 Å². The van der Waals surface area contributed by atoms with Gasteiger partial charge in [0.15, 0.2) is 0 Å². The van der Waals surface area contributed by atoms with Gasteiger partial charge in [0.25, 0.3) is 0 Å². The topological polar surface area (TPSA) is 29.1 Å². The molecule has 0 atom stereocenters. The Labute approximate surface area is 126 Å². The summed E-state index contributed by atoms with van der Waals surface area (Å²) < 4.78 is 12.7. The highest BCUT2D eigenvalue weighted by atomic mass is 35.5. The minimum atomic E-state index is -0.256. The van der Waals surface area contributed by atoms with Crippen LogP contribution in [0.4, 0.5) is 10.1 Å². The lowest BCUT2D eigenvalue weighted by molar-refractivity contribution is -0.115. The van der Waals surface area contributed by atoms with Crippen LogP contribution in [0, 0.1) is 5.82 Å². The minimum absolute atomic E-state index is 0.0677. The summed E-state index contributed by atoms with van der Waals surface area (Å²) in [5.41, 5.74) is 0.689. The van der Waals surface area contributed by atoms with Gasteiger partial charge >= 0.3 is 0 Å². The molecule has 0 spiro atoms. The first kappa shape index (κ1) is 14.9. The Morgan fingerprint density at radius 3 is 2.65 bits per heavy atom. The predicted octanol–water partition coefficient (Wildman–Crippen LogP) is 4.60. The van der Waals surface area contributed by atoms with E-state index in [4.69, 9.17) is 11.6 Å². The molecule has 0 fully saturated rings. The van der Waals surface area contributed by atoms with Crippen molar-refractivity contribution in [3.05, 3.63) is 59.4 Å². The van der Waals surface area contributed by atoms with E-state index in [1.165, 1.54) is 23.9 Å². The quantitative estimate of drug-likeness (QED) is 0.818. The highest BCUT2D eigenvalue weighted by molar-refractivity contribution is 7.99. The van der Waals surface area contributed by atoms with Gasteiger partial charge in [0.2, 0.25) is 5.91 Å². The monoisotopic (exact) mass is 309 g/mol. The van der Waals surface area contributed by atoms with Crippen molar-refractivity contribution in [3.63, 3.8) is 0 Å². The van der Waals surface area contributed by atoms with Crippen molar-refractivity contribution in [2.75, 3.05) is 11.1 Å². The van der Waals surface area contributed by atoms with Crippen LogP contribution in [-0.4, -0.2) is 11.7 Å². The van der Waals surface area contributed by atoms with Gasteiger partial charge in [-0.05, 0) is 42.5 Å². The second kappa shape index (κ2) is 7.31. The van der Waals surface area contributed by atoms with E-state index in [0.29, 0.717) is 22.9 Å². The summed E-state index contributed by atoms with van der Waals surface area (Å²) in [6.07, 6.45) is 0.383. The van der Waals surface area contributed by atoms with E-state index in [2.05, 4.69) is 5.32 Å². The summed E-state index contributed by atoms with van der Waals surface area (Å²) in [5, 5.41) is 3.37.